The second kappa shape index (κ2) is 5.82. The molecule has 0 radical (unpaired) electrons. The molecule has 1 rings (SSSR count). The highest BCUT2D eigenvalue weighted by Crippen LogP contribution is 2.40. The topological polar surface area (TPSA) is 9.23 Å². The fourth-order valence-corrected chi connectivity index (χ4v) is 3.66. The zero-order chi connectivity index (χ0) is 11.5. The third-order valence-corrected chi connectivity index (χ3v) is 4.46. The fraction of sp³-hybridized carbons (Fsp3) is 0.833. The summed E-state index contributed by atoms with van der Waals surface area (Å²) in [6.45, 7) is 9.12. The Kier molecular flexibility index (Phi) is 5.32. The lowest BCUT2D eigenvalue weighted by Gasteiger charge is -2.41. The van der Waals surface area contributed by atoms with Crippen LogP contribution in [0.4, 0.5) is 0 Å². The van der Waals surface area contributed by atoms with Gasteiger partial charge in [0.05, 0.1) is 6.10 Å². The highest BCUT2D eigenvalue weighted by atomic mass is 127. The third kappa shape index (κ3) is 4.57. The summed E-state index contributed by atoms with van der Waals surface area (Å²) in [6, 6.07) is 0. The van der Waals surface area contributed by atoms with E-state index >= 15 is 0 Å². The van der Waals surface area contributed by atoms with E-state index in [4.69, 9.17) is 4.43 Å². The maximum atomic E-state index is 6.22. The van der Waals surface area contributed by atoms with Crippen molar-refractivity contribution in [1.29, 1.82) is 0 Å². The third-order valence-electron chi connectivity index (χ3n) is 3.07. The molecular formula is C12H23IOSi. The molecule has 0 saturated heterocycles. The van der Waals surface area contributed by atoms with E-state index in [0.717, 1.165) is 11.8 Å². The normalized spacial score (nSPS) is 29.1. The molecule has 0 heterocycles. The first-order valence-electron chi connectivity index (χ1n) is 5.91. The summed E-state index contributed by atoms with van der Waals surface area (Å²) < 4.78 is 8.34. The van der Waals surface area contributed by atoms with Crippen molar-refractivity contribution in [2.75, 3.05) is 0 Å². The number of hydrogen-bond donors (Lipinski definition) is 0. The SMILES string of the molecule is CCC1CC(C(C=CI)O[Si](C)(C)C)C1. The predicted octanol–water partition coefficient (Wildman–Crippen LogP) is 4.59. The van der Waals surface area contributed by atoms with Crippen molar-refractivity contribution in [3.8, 4) is 0 Å². The first kappa shape index (κ1) is 13.7. The van der Waals surface area contributed by atoms with E-state index < -0.39 is 8.32 Å². The summed E-state index contributed by atoms with van der Waals surface area (Å²) >= 11 is 2.30. The first-order chi connectivity index (χ1) is 6.96. The second-order valence-corrected chi connectivity index (χ2v) is 10.7. The van der Waals surface area contributed by atoms with Gasteiger partial charge in [-0.3, -0.25) is 0 Å². The van der Waals surface area contributed by atoms with E-state index in [1.165, 1.54) is 19.3 Å². The summed E-state index contributed by atoms with van der Waals surface area (Å²) in [5.74, 6) is 1.75. The summed E-state index contributed by atoms with van der Waals surface area (Å²) in [7, 11) is -1.39. The van der Waals surface area contributed by atoms with Crippen molar-refractivity contribution in [2.45, 2.75) is 51.9 Å². The zero-order valence-corrected chi connectivity index (χ0v) is 13.5. The smallest absolute Gasteiger partial charge is 0.184 e. The van der Waals surface area contributed by atoms with Crippen LogP contribution in [0.25, 0.3) is 0 Å². The largest absolute Gasteiger partial charge is 0.411 e. The highest BCUT2D eigenvalue weighted by Gasteiger charge is 2.35. The van der Waals surface area contributed by atoms with Gasteiger partial charge in [-0.1, -0.05) is 42.0 Å². The van der Waals surface area contributed by atoms with E-state index in [-0.39, 0.29) is 0 Å². The van der Waals surface area contributed by atoms with Crippen LogP contribution >= 0.6 is 22.6 Å². The van der Waals surface area contributed by atoms with Crippen LogP contribution in [0.15, 0.2) is 10.2 Å². The zero-order valence-electron chi connectivity index (χ0n) is 10.3. The van der Waals surface area contributed by atoms with Gasteiger partial charge in [0.25, 0.3) is 0 Å². The predicted molar refractivity (Wildman–Crippen MR) is 77.9 cm³/mol. The van der Waals surface area contributed by atoms with E-state index in [0.29, 0.717) is 6.10 Å². The molecule has 1 fully saturated rings. The molecular weight excluding hydrogens is 315 g/mol. The molecule has 3 heteroatoms. The Labute approximate surface area is 109 Å². The van der Waals surface area contributed by atoms with Gasteiger partial charge in [-0.05, 0) is 48.4 Å². The Morgan fingerprint density at radius 3 is 2.40 bits per heavy atom. The Hall–Kier alpha value is 0.647. The molecule has 1 aliphatic carbocycles. The molecule has 1 unspecified atom stereocenters. The number of halogens is 1. The van der Waals surface area contributed by atoms with Gasteiger partial charge in [-0.2, -0.15) is 0 Å². The molecule has 0 bridgehead atoms. The molecule has 0 aromatic carbocycles. The molecule has 0 spiro atoms. The van der Waals surface area contributed by atoms with Crippen molar-refractivity contribution < 1.29 is 4.43 Å². The maximum absolute atomic E-state index is 6.22. The lowest BCUT2D eigenvalue weighted by Crippen LogP contribution is -2.40. The minimum absolute atomic E-state index is 0.386. The fourth-order valence-electron chi connectivity index (χ4n) is 2.16. The molecule has 0 aromatic heterocycles. The van der Waals surface area contributed by atoms with E-state index in [1.54, 1.807) is 0 Å². The monoisotopic (exact) mass is 338 g/mol. The Morgan fingerprint density at radius 2 is 2.00 bits per heavy atom. The maximum Gasteiger partial charge on any atom is 0.184 e. The van der Waals surface area contributed by atoms with Gasteiger partial charge in [0.1, 0.15) is 0 Å². The highest BCUT2D eigenvalue weighted by molar-refractivity contribution is 14.1. The molecule has 0 N–H and O–H groups in total. The van der Waals surface area contributed by atoms with Gasteiger partial charge in [0.15, 0.2) is 8.32 Å². The van der Waals surface area contributed by atoms with Gasteiger partial charge in [0, 0.05) is 0 Å². The average molecular weight is 338 g/mol. The molecule has 0 aliphatic heterocycles. The van der Waals surface area contributed by atoms with Crippen LogP contribution in [-0.2, 0) is 4.43 Å². The van der Waals surface area contributed by atoms with Crippen LogP contribution in [0.1, 0.15) is 26.2 Å². The molecule has 88 valence electrons. The van der Waals surface area contributed by atoms with Crippen molar-refractivity contribution in [2.24, 2.45) is 11.8 Å². The molecule has 1 nitrogen and oxygen atoms in total. The Bertz CT molecular complexity index is 216. The number of rotatable bonds is 5. The van der Waals surface area contributed by atoms with Crippen molar-refractivity contribution in [3.63, 3.8) is 0 Å². The average Bonchev–Trinajstić information content (AvgIpc) is 1.99. The van der Waals surface area contributed by atoms with E-state index in [2.05, 4.69) is 59.3 Å². The van der Waals surface area contributed by atoms with E-state index in [9.17, 15) is 0 Å². The van der Waals surface area contributed by atoms with Gasteiger partial charge in [-0.25, -0.2) is 0 Å². The van der Waals surface area contributed by atoms with Crippen molar-refractivity contribution >= 4 is 30.9 Å². The molecule has 15 heavy (non-hydrogen) atoms. The molecule has 1 aliphatic rings. The summed E-state index contributed by atoms with van der Waals surface area (Å²) in [4.78, 5) is 0. The second-order valence-electron chi connectivity index (χ2n) is 5.52. The van der Waals surface area contributed by atoms with Gasteiger partial charge in [0.2, 0.25) is 0 Å². The van der Waals surface area contributed by atoms with Crippen LogP contribution in [0, 0.1) is 11.8 Å². The van der Waals surface area contributed by atoms with Crippen LogP contribution in [0.5, 0.6) is 0 Å². The lowest BCUT2D eigenvalue weighted by atomic mass is 9.71. The lowest BCUT2D eigenvalue weighted by molar-refractivity contribution is 0.0684. The molecule has 0 aromatic rings. The van der Waals surface area contributed by atoms with Gasteiger partial charge < -0.3 is 4.43 Å². The quantitative estimate of drug-likeness (QED) is 0.526. The van der Waals surface area contributed by atoms with Gasteiger partial charge in [-0.15, -0.1) is 0 Å². The summed E-state index contributed by atoms with van der Waals surface area (Å²) in [5, 5.41) is 0. The first-order valence-corrected chi connectivity index (χ1v) is 10.6. The number of hydrogen-bond acceptors (Lipinski definition) is 1. The van der Waals surface area contributed by atoms with Crippen LogP contribution in [0.2, 0.25) is 19.6 Å². The van der Waals surface area contributed by atoms with E-state index in [1.807, 2.05) is 0 Å². The summed E-state index contributed by atoms with van der Waals surface area (Å²) in [5.41, 5.74) is 0. The standard InChI is InChI=1S/C12H23IOSi/c1-5-10-8-11(9-10)12(6-7-13)14-15(2,3)4/h6-7,10-12H,5,8-9H2,1-4H3. The van der Waals surface area contributed by atoms with Crippen LogP contribution in [-0.4, -0.2) is 14.4 Å². The van der Waals surface area contributed by atoms with Gasteiger partial charge >= 0.3 is 0 Å². The Morgan fingerprint density at radius 1 is 1.40 bits per heavy atom. The van der Waals surface area contributed by atoms with Crippen molar-refractivity contribution in [1.82, 2.24) is 0 Å². The molecule has 1 atom stereocenters. The summed E-state index contributed by atoms with van der Waals surface area (Å²) in [6.07, 6.45) is 6.70. The molecule has 0 amide bonds. The molecule has 1 saturated carbocycles. The minimum atomic E-state index is -1.39. The van der Waals surface area contributed by atoms with Crippen LogP contribution < -0.4 is 0 Å². The van der Waals surface area contributed by atoms with Crippen molar-refractivity contribution in [3.05, 3.63) is 10.2 Å². The van der Waals surface area contributed by atoms with Crippen LogP contribution in [0.3, 0.4) is 0 Å². The Balaban J connectivity index is 2.46. The minimum Gasteiger partial charge on any atom is -0.411 e.